The number of hydrogen-bond donors (Lipinski definition) is 2. The van der Waals surface area contributed by atoms with Gasteiger partial charge in [0, 0.05) is 12.4 Å². The Morgan fingerprint density at radius 2 is 2.12 bits per heavy atom. The minimum Gasteiger partial charge on any atom is -0.393 e. The molecule has 2 aromatic heterocycles. The number of nitrogens with two attached hydrogens (primary N) is 1. The SMILES string of the molecule is CCCc1[nH]n(-c2ncccn2)c(=O)c1N. The van der Waals surface area contributed by atoms with Crippen molar-refractivity contribution >= 4 is 5.69 Å². The molecule has 0 aliphatic heterocycles. The highest BCUT2D eigenvalue weighted by atomic mass is 16.1. The predicted molar refractivity (Wildman–Crippen MR) is 60.4 cm³/mol. The van der Waals surface area contributed by atoms with E-state index in [1.54, 1.807) is 18.5 Å². The van der Waals surface area contributed by atoms with Gasteiger partial charge in [-0.3, -0.25) is 9.89 Å². The lowest BCUT2D eigenvalue weighted by atomic mass is 10.2. The monoisotopic (exact) mass is 219 g/mol. The first-order valence-electron chi connectivity index (χ1n) is 5.10. The second-order valence-electron chi connectivity index (χ2n) is 3.44. The standard InChI is InChI=1S/C10H13N5O/c1-2-4-7-8(11)9(16)15(14-7)10-12-5-3-6-13-10/h3,5-6,14H,2,4,11H2,1H3. The molecule has 6 nitrogen and oxygen atoms in total. The summed E-state index contributed by atoms with van der Waals surface area (Å²) in [6, 6.07) is 1.69. The molecule has 0 saturated carbocycles. The van der Waals surface area contributed by atoms with Gasteiger partial charge in [0.05, 0.1) is 5.69 Å². The van der Waals surface area contributed by atoms with E-state index in [9.17, 15) is 4.79 Å². The summed E-state index contributed by atoms with van der Waals surface area (Å²) in [6.07, 6.45) is 4.80. The number of nitrogen functional groups attached to an aromatic ring is 1. The van der Waals surface area contributed by atoms with Gasteiger partial charge in [-0.05, 0) is 12.5 Å². The molecule has 2 heterocycles. The molecule has 16 heavy (non-hydrogen) atoms. The molecule has 84 valence electrons. The number of aromatic amines is 1. The zero-order valence-corrected chi connectivity index (χ0v) is 8.97. The zero-order chi connectivity index (χ0) is 11.5. The summed E-state index contributed by atoms with van der Waals surface area (Å²) in [7, 11) is 0. The Morgan fingerprint density at radius 3 is 2.75 bits per heavy atom. The Kier molecular flexibility index (Phi) is 2.72. The first-order valence-corrected chi connectivity index (χ1v) is 5.10. The minimum atomic E-state index is -0.297. The molecular formula is C10H13N5O. The molecular weight excluding hydrogens is 206 g/mol. The van der Waals surface area contributed by atoms with Crippen LogP contribution in [0.25, 0.3) is 5.95 Å². The van der Waals surface area contributed by atoms with Crippen molar-refractivity contribution in [2.75, 3.05) is 5.73 Å². The van der Waals surface area contributed by atoms with Crippen LogP contribution in [0, 0.1) is 0 Å². The number of nitrogens with one attached hydrogen (secondary N) is 1. The molecule has 0 bridgehead atoms. The highest BCUT2D eigenvalue weighted by Gasteiger charge is 2.12. The number of H-pyrrole nitrogens is 1. The summed E-state index contributed by atoms with van der Waals surface area (Å²) in [4.78, 5) is 19.8. The van der Waals surface area contributed by atoms with Gasteiger partial charge in [-0.25, -0.2) is 9.97 Å². The second-order valence-corrected chi connectivity index (χ2v) is 3.44. The zero-order valence-electron chi connectivity index (χ0n) is 8.97. The first kappa shape index (κ1) is 10.4. The highest BCUT2D eigenvalue weighted by Crippen LogP contribution is 2.07. The smallest absolute Gasteiger partial charge is 0.297 e. The van der Waals surface area contributed by atoms with Crippen LogP contribution in [0.3, 0.4) is 0 Å². The molecule has 0 atom stereocenters. The third kappa shape index (κ3) is 1.69. The Hall–Kier alpha value is -2.11. The number of anilines is 1. The van der Waals surface area contributed by atoms with Crippen molar-refractivity contribution in [3.63, 3.8) is 0 Å². The molecule has 0 spiro atoms. The number of nitrogens with zero attached hydrogens (tertiary/aromatic N) is 3. The minimum absolute atomic E-state index is 0.245. The van der Waals surface area contributed by atoms with Crippen LogP contribution in [-0.4, -0.2) is 19.7 Å². The Labute approximate surface area is 92.1 Å². The van der Waals surface area contributed by atoms with Crippen molar-refractivity contribution in [3.8, 4) is 5.95 Å². The molecule has 0 radical (unpaired) electrons. The van der Waals surface area contributed by atoms with Crippen LogP contribution in [0.15, 0.2) is 23.3 Å². The van der Waals surface area contributed by atoms with E-state index in [4.69, 9.17) is 5.73 Å². The van der Waals surface area contributed by atoms with Crippen LogP contribution >= 0.6 is 0 Å². The van der Waals surface area contributed by atoms with Crippen molar-refractivity contribution in [1.29, 1.82) is 0 Å². The van der Waals surface area contributed by atoms with Gasteiger partial charge < -0.3 is 5.73 Å². The summed E-state index contributed by atoms with van der Waals surface area (Å²) in [5.41, 5.74) is 6.39. The van der Waals surface area contributed by atoms with E-state index in [0.29, 0.717) is 5.95 Å². The summed E-state index contributed by atoms with van der Waals surface area (Å²) >= 11 is 0. The topological polar surface area (TPSA) is 89.6 Å². The lowest BCUT2D eigenvalue weighted by Crippen LogP contribution is -2.18. The van der Waals surface area contributed by atoms with E-state index in [-0.39, 0.29) is 11.2 Å². The lowest BCUT2D eigenvalue weighted by molar-refractivity contribution is 0.752. The van der Waals surface area contributed by atoms with Crippen LogP contribution in [0.4, 0.5) is 5.69 Å². The number of aryl methyl sites for hydroxylation is 1. The Morgan fingerprint density at radius 1 is 1.44 bits per heavy atom. The van der Waals surface area contributed by atoms with Crippen molar-refractivity contribution in [1.82, 2.24) is 19.7 Å². The molecule has 0 saturated heterocycles. The number of hydrogen-bond acceptors (Lipinski definition) is 4. The lowest BCUT2D eigenvalue weighted by Gasteiger charge is -1.97. The molecule has 0 aliphatic carbocycles. The average Bonchev–Trinajstić information content (AvgIpc) is 2.59. The first-order chi connectivity index (χ1) is 7.74. The fourth-order valence-corrected chi connectivity index (χ4v) is 1.48. The van der Waals surface area contributed by atoms with Crippen molar-refractivity contribution in [2.24, 2.45) is 0 Å². The summed E-state index contributed by atoms with van der Waals surface area (Å²) < 4.78 is 1.26. The third-order valence-electron chi connectivity index (χ3n) is 2.26. The van der Waals surface area contributed by atoms with Gasteiger partial charge in [0.2, 0.25) is 0 Å². The van der Waals surface area contributed by atoms with Gasteiger partial charge in [0.15, 0.2) is 0 Å². The molecule has 2 rings (SSSR count). The Balaban J connectivity index is 2.51. The van der Waals surface area contributed by atoms with E-state index in [0.717, 1.165) is 18.5 Å². The maximum Gasteiger partial charge on any atom is 0.297 e. The maximum atomic E-state index is 11.8. The van der Waals surface area contributed by atoms with Gasteiger partial charge in [0.1, 0.15) is 5.69 Å². The summed E-state index contributed by atoms with van der Waals surface area (Å²) in [5.74, 6) is 0.307. The molecule has 0 aliphatic rings. The van der Waals surface area contributed by atoms with Gasteiger partial charge in [-0.15, -0.1) is 0 Å². The van der Waals surface area contributed by atoms with Crippen molar-refractivity contribution in [3.05, 3.63) is 34.5 Å². The van der Waals surface area contributed by atoms with Crippen molar-refractivity contribution in [2.45, 2.75) is 19.8 Å². The number of aromatic nitrogens is 4. The number of rotatable bonds is 3. The molecule has 0 fully saturated rings. The summed E-state index contributed by atoms with van der Waals surface area (Å²) in [5, 5.41) is 2.92. The van der Waals surface area contributed by atoms with Crippen LogP contribution in [-0.2, 0) is 6.42 Å². The van der Waals surface area contributed by atoms with Crippen LogP contribution in [0.1, 0.15) is 19.0 Å². The van der Waals surface area contributed by atoms with E-state index in [2.05, 4.69) is 15.1 Å². The van der Waals surface area contributed by atoms with E-state index >= 15 is 0 Å². The second kappa shape index (κ2) is 4.18. The molecule has 6 heteroatoms. The van der Waals surface area contributed by atoms with Gasteiger partial charge in [-0.2, -0.15) is 4.68 Å². The molecule has 0 unspecified atom stereocenters. The fraction of sp³-hybridized carbons (Fsp3) is 0.300. The van der Waals surface area contributed by atoms with Gasteiger partial charge in [0.25, 0.3) is 11.5 Å². The maximum absolute atomic E-state index is 11.8. The summed E-state index contributed by atoms with van der Waals surface area (Å²) in [6.45, 7) is 2.02. The van der Waals surface area contributed by atoms with Gasteiger partial charge in [-0.1, -0.05) is 13.3 Å². The molecule has 0 aromatic carbocycles. The fourth-order valence-electron chi connectivity index (χ4n) is 1.48. The van der Waals surface area contributed by atoms with Crippen molar-refractivity contribution < 1.29 is 0 Å². The Bertz CT molecular complexity index is 528. The van der Waals surface area contributed by atoms with Crippen LogP contribution < -0.4 is 11.3 Å². The largest absolute Gasteiger partial charge is 0.393 e. The third-order valence-corrected chi connectivity index (χ3v) is 2.26. The van der Waals surface area contributed by atoms with E-state index < -0.39 is 0 Å². The van der Waals surface area contributed by atoms with Crippen LogP contribution in [0.5, 0.6) is 0 Å². The normalized spacial score (nSPS) is 10.6. The predicted octanol–water partition coefficient (Wildman–Crippen LogP) is 0.490. The molecule has 0 amide bonds. The van der Waals surface area contributed by atoms with Crippen LogP contribution in [0.2, 0.25) is 0 Å². The van der Waals surface area contributed by atoms with E-state index in [1.165, 1.54) is 4.68 Å². The van der Waals surface area contributed by atoms with E-state index in [1.807, 2.05) is 6.92 Å². The highest BCUT2D eigenvalue weighted by molar-refractivity contribution is 5.42. The van der Waals surface area contributed by atoms with Gasteiger partial charge >= 0.3 is 0 Å². The molecule has 2 aromatic rings. The molecule has 3 N–H and O–H groups in total. The quantitative estimate of drug-likeness (QED) is 0.786. The average molecular weight is 219 g/mol.